The third-order valence-electron chi connectivity index (χ3n) is 5.94. The number of fused-ring (bicyclic) bond motifs is 2. The number of piperidine rings is 1. The average molecular weight is 368 g/mol. The summed E-state index contributed by atoms with van der Waals surface area (Å²) in [4.78, 5) is 19.5. The zero-order valence-corrected chi connectivity index (χ0v) is 17.0. The fraction of sp³-hybridized carbons (Fsp3) is 0.950. The van der Waals surface area contributed by atoms with E-state index in [1.807, 2.05) is 32.6 Å². The lowest BCUT2D eigenvalue weighted by Gasteiger charge is -2.42. The van der Waals surface area contributed by atoms with Crippen LogP contribution in [-0.2, 0) is 4.74 Å². The van der Waals surface area contributed by atoms with Crippen LogP contribution < -0.4 is 0 Å². The molecule has 26 heavy (non-hydrogen) atoms. The van der Waals surface area contributed by atoms with Crippen LogP contribution in [0.1, 0.15) is 53.4 Å². The molecule has 3 heterocycles. The van der Waals surface area contributed by atoms with Gasteiger partial charge in [0.05, 0.1) is 6.10 Å². The van der Waals surface area contributed by atoms with Crippen molar-refractivity contribution in [3.05, 3.63) is 0 Å². The second kappa shape index (κ2) is 8.03. The summed E-state index contributed by atoms with van der Waals surface area (Å²) >= 11 is 0. The fourth-order valence-electron chi connectivity index (χ4n) is 4.94. The standard InChI is InChI=1S/C20H37N3O3/c1-15(24)13-21-7-9-22(10-8-21)14-16-11-17-5-6-18(12-16)23(17)19(25)26-20(2,3)4/h15-18,24H,5-14H2,1-4H3. The summed E-state index contributed by atoms with van der Waals surface area (Å²) in [5, 5.41) is 9.54. The van der Waals surface area contributed by atoms with Crippen LogP contribution in [0, 0.1) is 5.92 Å². The van der Waals surface area contributed by atoms with Crippen LogP contribution in [0.4, 0.5) is 4.79 Å². The van der Waals surface area contributed by atoms with Crippen molar-refractivity contribution in [3.63, 3.8) is 0 Å². The van der Waals surface area contributed by atoms with Crippen LogP contribution in [0.15, 0.2) is 0 Å². The van der Waals surface area contributed by atoms with Crippen molar-refractivity contribution in [1.29, 1.82) is 0 Å². The highest BCUT2D eigenvalue weighted by atomic mass is 16.6. The number of β-amino-alcohol motifs (C(OH)–C–C–N with tert-alkyl or cyclic N) is 1. The highest BCUT2D eigenvalue weighted by Crippen LogP contribution is 2.39. The molecule has 6 heteroatoms. The number of aliphatic hydroxyl groups is 1. The summed E-state index contributed by atoms with van der Waals surface area (Å²) in [7, 11) is 0. The first-order chi connectivity index (χ1) is 12.2. The van der Waals surface area contributed by atoms with Crippen molar-refractivity contribution in [2.24, 2.45) is 5.92 Å². The molecule has 0 aromatic heterocycles. The molecule has 150 valence electrons. The number of nitrogens with zero attached hydrogens (tertiary/aromatic N) is 3. The largest absolute Gasteiger partial charge is 0.444 e. The second-order valence-electron chi connectivity index (χ2n) is 9.56. The third kappa shape index (κ3) is 5.11. The molecule has 0 aromatic rings. The summed E-state index contributed by atoms with van der Waals surface area (Å²) < 4.78 is 5.64. The molecule has 3 fully saturated rings. The van der Waals surface area contributed by atoms with Gasteiger partial charge in [-0.3, -0.25) is 4.90 Å². The molecule has 6 nitrogen and oxygen atoms in total. The smallest absolute Gasteiger partial charge is 0.410 e. The molecule has 3 aliphatic heterocycles. The van der Waals surface area contributed by atoms with Crippen LogP contribution in [-0.4, -0.2) is 89.0 Å². The van der Waals surface area contributed by atoms with E-state index in [9.17, 15) is 9.90 Å². The van der Waals surface area contributed by atoms with E-state index in [0.717, 1.165) is 65.0 Å². The van der Waals surface area contributed by atoms with Gasteiger partial charge in [-0.05, 0) is 59.3 Å². The summed E-state index contributed by atoms with van der Waals surface area (Å²) in [5.41, 5.74) is -0.418. The van der Waals surface area contributed by atoms with Gasteiger partial charge >= 0.3 is 6.09 Å². The van der Waals surface area contributed by atoms with Gasteiger partial charge in [0.1, 0.15) is 5.60 Å². The predicted molar refractivity (Wildman–Crippen MR) is 102 cm³/mol. The lowest BCUT2D eigenvalue weighted by Crippen LogP contribution is -2.52. The van der Waals surface area contributed by atoms with Crippen LogP contribution in [0.2, 0.25) is 0 Å². The quantitative estimate of drug-likeness (QED) is 0.825. The third-order valence-corrected chi connectivity index (χ3v) is 5.94. The van der Waals surface area contributed by atoms with Gasteiger partial charge in [-0.2, -0.15) is 0 Å². The maximum absolute atomic E-state index is 12.6. The number of hydrogen-bond acceptors (Lipinski definition) is 5. The Balaban J connectivity index is 1.47. The van der Waals surface area contributed by atoms with E-state index in [1.165, 1.54) is 0 Å². The number of piperazine rings is 1. The Kier molecular flexibility index (Phi) is 6.14. The van der Waals surface area contributed by atoms with Crippen LogP contribution in [0.25, 0.3) is 0 Å². The topological polar surface area (TPSA) is 56.2 Å². The molecule has 0 aliphatic carbocycles. The van der Waals surface area contributed by atoms with Gasteiger partial charge in [0.15, 0.2) is 0 Å². The van der Waals surface area contributed by atoms with Gasteiger partial charge in [0, 0.05) is 51.4 Å². The van der Waals surface area contributed by atoms with E-state index < -0.39 is 5.60 Å². The number of hydrogen-bond donors (Lipinski definition) is 1. The van der Waals surface area contributed by atoms with Gasteiger partial charge in [-0.25, -0.2) is 4.79 Å². The van der Waals surface area contributed by atoms with Crippen molar-refractivity contribution in [1.82, 2.24) is 14.7 Å². The minimum atomic E-state index is -0.418. The molecule has 0 aromatic carbocycles. The zero-order valence-electron chi connectivity index (χ0n) is 17.0. The van der Waals surface area contributed by atoms with Gasteiger partial charge < -0.3 is 19.6 Å². The van der Waals surface area contributed by atoms with Gasteiger partial charge in [0.25, 0.3) is 0 Å². The first-order valence-electron chi connectivity index (χ1n) is 10.4. The molecule has 2 bridgehead atoms. The number of rotatable bonds is 4. The SMILES string of the molecule is CC(O)CN1CCN(CC2CC3CCC(C2)N3C(=O)OC(C)(C)C)CC1. The van der Waals surface area contributed by atoms with Gasteiger partial charge in [0.2, 0.25) is 0 Å². The van der Waals surface area contributed by atoms with Crippen molar-refractivity contribution >= 4 is 6.09 Å². The molecule has 0 spiro atoms. The number of ether oxygens (including phenoxy) is 1. The summed E-state index contributed by atoms with van der Waals surface area (Å²) in [6, 6.07) is 0.732. The minimum Gasteiger partial charge on any atom is -0.444 e. The molecule has 0 saturated carbocycles. The minimum absolute atomic E-state index is 0.116. The van der Waals surface area contributed by atoms with E-state index in [0.29, 0.717) is 18.0 Å². The molecule has 3 unspecified atom stereocenters. The van der Waals surface area contributed by atoms with E-state index in [1.54, 1.807) is 0 Å². The highest BCUT2D eigenvalue weighted by Gasteiger charge is 2.45. The number of carbonyl (C=O) groups is 1. The Bertz CT molecular complexity index is 469. The number of aliphatic hydroxyl groups excluding tert-OH is 1. The van der Waals surface area contributed by atoms with Gasteiger partial charge in [-0.1, -0.05) is 0 Å². The highest BCUT2D eigenvalue weighted by molar-refractivity contribution is 5.69. The lowest BCUT2D eigenvalue weighted by atomic mass is 9.90. The Morgan fingerprint density at radius 1 is 1.08 bits per heavy atom. The van der Waals surface area contributed by atoms with Crippen molar-refractivity contribution in [3.8, 4) is 0 Å². The molecule has 1 amide bonds. The van der Waals surface area contributed by atoms with Crippen molar-refractivity contribution < 1.29 is 14.6 Å². The lowest BCUT2D eigenvalue weighted by molar-refractivity contribution is -0.00207. The molecule has 3 rings (SSSR count). The molecule has 3 aliphatic rings. The normalized spacial score (nSPS) is 31.9. The fourth-order valence-corrected chi connectivity index (χ4v) is 4.94. The van der Waals surface area contributed by atoms with E-state index in [4.69, 9.17) is 4.74 Å². The Morgan fingerprint density at radius 2 is 1.62 bits per heavy atom. The van der Waals surface area contributed by atoms with Crippen molar-refractivity contribution in [2.45, 2.75) is 77.2 Å². The van der Waals surface area contributed by atoms with Crippen LogP contribution >= 0.6 is 0 Å². The maximum Gasteiger partial charge on any atom is 0.410 e. The molecular weight excluding hydrogens is 330 g/mol. The Hall–Kier alpha value is -0.850. The first-order valence-corrected chi connectivity index (χ1v) is 10.4. The Labute approximate surface area is 158 Å². The first kappa shape index (κ1) is 19.9. The van der Waals surface area contributed by atoms with E-state index >= 15 is 0 Å². The molecule has 3 atom stereocenters. The van der Waals surface area contributed by atoms with Crippen molar-refractivity contribution in [2.75, 3.05) is 39.3 Å². The summed E-state index contributed by atoms with van der Waals surface area (Å²) in [6.07, 6.45) is 4.13. The summed E-state index contributed by atoms with van der Waals surface area (Å²) in [5.74, 6) is 0.689. The Morgan fingerprint density at radius 3 is 2.12 bits per heavy atom. The molecule has 1 N–H and O–H groups in total. The number of amides is 1. The van der Waals surface area contributed by atoms with Gasteiger partial charge in [-0.15, -0.1) is 0 Å². The number of carbonyl (C=O) groups excluding carboxylic acids is 1. The van der Waals surface area contributed by atoms with Crippen LogP contribution in [0.3, 0.4) is 0 Å². The maximum atomic E-state index is 12.6. The van der Waals surface area contributed by atoms with E-state index in [-0.39, 0.29) is 12.2 Å². The predicted octanol–water partition coefficient (Wildman–Crippen LogP) is 2.16. The van der Waals surface area contributed by atoms with Crippen LogP contribution in [0.5, 0.6) is 0 Å². The molecular formula is C20H37N3O3. The second-order valence-corrected chi connectivity index (χ2v) is 9.56. The molecule has 3 saturated heterocycles. The van der Waals surface area contributed by atoms with E-state index in [2.05, 4.69) is 9.80 Å². The monoisotopic (exact) mass is 367 g/mol. The molecule has 0 radical (unpaired) electrons. The summed E-state index contributed by atoms with van der Waals surface area (Å²) in [6.45, 7) is 13.9. The zero-order chi connectivity index (χ0) is 18.9. The average Bonchev–Trinajstić information content (AvgIpc) is 2.79.